The van der Waals surface area contributed by atoms with Gasteiger partial charge in [-0.3, -0.25) is 4.79 Å². The molecule has 0 bridgehead atoms. The van der Waals surface area contributed by atoms with Crippen molar-refractivity contribution in [1.29, 1.82) is 0 Å². The van der Waals surface area contributed by atoms with Gasteiger partial charge in [-0.05, 0) is 93.5 Å². The predicted octanol–water partition coefficient (Wildman–Crippen LogP) is 6.20. The van der Waals surface area contributed by atoms with Gasteiger partial charge in [0.05, 0.1) is 30.1 Å². The van der Waals surface area contributed by atoms with Crippen LogP contribution in [0, 0.1) is 6.92 Å². The number of aryl methyl sites for hydroxylation is 1. The van der Waals surface area contributed by atoms with E-state index in [0.717, 1.165) is 80.2 Å². The number of alkyl halides is 3. The number of hydrogen-bond acceptors (Lipinski definition) is 6. The number of aromatic nitrogens is 2. The summed E-state index contributed by atoms with van der Waals surface area (Å²) < 4.78 is 50.9. The van der Waals surface area contributed by atoms with Gasteiger partial charge in [-0.25, -0.2) is 0 Å². The van der Waals surface area contributed by atoms with Crippen molar-refractivity contribution >= 4 is 5.91 Å². The Balaban J connectivity index is 1.13. The lowest BCUT2D eigenvalue weighted by atomic mass is 9.90. The summed E-state index contributed by atoms with van der Waals surface area (Å²) in [6.07, 6.45) is 8.03. The molecule has 3 fully saturated rings. The maximum atomic E-state index is 13.4. The Hall–Kier alpha value is -2.56. The Morgan fingerprint density at radius 2 is 1.79 bits per heavy atom. The van der Waals surface area contributed by atoms with Crippen LogP contribution in [0.4, 0.5) is 13.2 Å². The fourth-order valence-electron chi connectivity index (χ4n) is 6.77. The lowest BCUT2D eigenvalue weighted by molar-refractivity contribution is -0.137. The molecule has 3 heterocycles. The van der Waals surface area contributed by atoms with Crippen molar-refractivity contribution in [2.24, 2.45) is 0 Å². The molecule has 0 unspecified atom stereocenters. The van der Waals surface area contributed by atoms with Crippen LogP contribution in [-0.2, 0) is 22.1 Å². The summed E-state index contributed by atoms with van der Waals surface area (Å²) in [5.41, 5.74) is 2.38. The van der Waals surface area contributed by atoms with Gasteiger partial charge in [0.25, 0.3) is 5.91 Å². The van der Waals surface area contributed by atoms with Crippen LogP contribution in [0.2, 0.25) is 0 Å². The van der Waals surface area contributed by atoms with Gasteiger partial charge >= 0.3 is 6.18 Å². The molecule has 1 saturated carbocycles. The number of ether oxygens (including phenoxy) is 2. The Morgan fingerprint density at radius 1 is 1.05 bits per heavy atom. The number of hydrogen-bond donors (Lipinski definition) is 1. The Bertz CT molecular complexity index is 1180. The topological polar surface area (TPSA) is 76.6 Å². The normalized spacial score (nSPS) is 25.9. The van der Waals surface area contributed by atoms with Gasteiger partial charge in [0.15, 0.2) is 5.69 Å². The molecule has 1 amide bonds. The predicted molar refractivity (Wildman–Crippen MR) is 153 cm³/mol. The molecule has 4 atom stereocenters. The number of benzene rings is 1. The SMILES string of the molecule is CO[C@@H]1CCCC[C@@H]1NC1CCN(C(=O)c2nncc(CC[C@H]3CCC[C@@H](c4ccc(C(F)(F)F)cc4)O3)c2C)CC1. The smallest absolute Gasteiger partial charge is 0.380 e. The first-order chi connectivity index (χ1) is 20.2. The number of amides is 1. The van der Waals surface area contributed by atoms with E-state index < -0.39 is 11.7 Å². The third-order valence-corrected chi connectivity index (χ3v) is 9.34. The van der Waals surface area contributed by atoms with E-state index >= 15 is 0 Å². The van der Waals surface area contributed by atoms with Gasteiger partial charge in [0.1, 0.15) is 0 Å². The third kappa shape index (κ3) is 7.50. The molecule has 230 valence electrons. The number of piperidine rings is 1. The number of carbonyl (C=O) groups excluding carboxylic acids is 1. The highest BCUT2D eigenvalue weighted by atomic mass is 19.4. The number of nitrogens with one attached hydrogen (secondary N) is 1. The van der Waals surface area contributed by atoms with Crippen LogP contribution in [0.15, 0.2) is 30.5 Å². The van der Waals surface area contributed by atoms with E-state index in [9.17, 15) is 18.0 Å². The van der Waals surface area contributed by atoms with Crippen LogP contribution in [-0.4, -0.2) is 65.5 Å². The van der Waals surface area contributed by atoms with E-state index in [2.05, 4.69) is 15.5 Å². The minimum atomic E-state index is -4.35. The number of rotatable bonds is 8. The molecule has 1 N–H and O–H groups in total. The van der Waals surface area contributed by atoms with E-state index in [4.69, 9.17) is 9.47 Å². The van der Waals surface area contributed by atoms with Crippen LogP contribution >= 0.6 is 0 Å². The molecule has 1 aromatic carbocycles. The number of carbonyl (C=O) groups is 1. The molecular formula is C32H43F3N4O3. The summed E-state index contributed by atoms with van der Waals surface area (Å²) in [5.74, 6) is -0.0657. The van der Waals surface area contributed by atoms with Crippen molar-refractivity contribution in [1.82, 2.24) is 20.4 Å². The second kappa shape index (κ2) is 13.8. The van der Waals surface area contributed by atoms with Crippen LogP contribution in [0.3, 0.4) is 0 Å². The van der Waals surface area contributed by atoms with Crippen LogP contribution in [0.5, 0.6) is 0 Å². The third-order valence-electron chi connectivity index (χ3n) is 9.34. The minimum absolute atomic E-state index is 0.00819. The fourth-order valence-corrected chi connectivity index (χ4v) is 6.77. The summed E-state index contributed by atoms with van der Waals surface area (Å²) in [7, 11) is 1.80. The summed E-state index contributed by atoms with van der Waals surface area (Å²) in [6, 6.07) is 6.07. The molecule has 2 saturated heterocycles. The molecule has 3 aliphatic rings. The fraction of sp³-hybridized carbons (Fsp3) is 0.656. The molecule has 2 aromatic rings. The average molecular weight is 589 g/mol. The van der Waals surface area contributed by atoms with Gasteiger partial charge in [0.2, 0.25) is 0 Å². The van der Waals surface area contributed by atoms with Crippen LogP contribution < -0.4 is 5.32 Å². The molecule has 42 heavy (non-hydrogen) atoms. The molecule has 1 aliphatic carbocycles. The van der Waals surface area contributed by atoms with E-state index in [1.165, 1.54) is 25.0 Å². The summed E-state index contributed by atoms with van der Waals surface area (Å²) in [5, 5.41) is 12.2. The first-order valence-corrected chi connectivity index (χ1v) is 15.4. The van der Waals surface area contributed by atoms with E-state index in [-0.39, 0.29) is 24.2 Å². The largest absolute Gasteiger partial charge is 0.416 e. The van der Waals surface area contributed by atoms with Crippen LogP contribution in [0.25, 0.3) is 0 Å². The van der Waals surface area contributed by atoms with E-state index in [0.29, 0.717) is 37.3 Å². The lowest BCUT2D eigenvalue weighted by Crippen LogP contribution is -2.52. The Kier molecular flexibility index (Phi) is 10.2. The molecule has 2 aliphatic heterocycles. The first-order valence-electron chi connectivity index (χ1n) is 15.4. The zero-order chi connectivity index (χ0) is 29.7. The van der Waals surface area contributed by atoms with Gasteiger partial charge < -0.3 is 19.7 Å². The zero-order valence-corrected chi connectivity index (χ0v) is 24.7. The number of methoxy groups -OCH3 is 1. The quantitative estimate of drug-likeness (QED) is 0.396. The molecule has 1 aromatic heterocycles. The Labute approximate surface area is 246 Å². The standard InChI is InChI=1S/C32H43F3N4O3/c1-21-23(12-15-26-6-5-9-28(42-26)22-10-13-24(14-11-22)32(33,34)35)20-36-38-30(21)31(40)39-18-16-25(17-19-39)37-27-7-3-4-8-29(27)41-2/h10-11,13-14,20,25-29,37H,3-9,12,15-19H2,1-2H3/t26-,27+,28+,29-/m1/s1. The minimum Gasteiger partial charge on any atom is -0.380 e. The zero-order valence-electron chi connectivity index (χ0n) is 24.7. The van der Waals surface area contributed by atoms with Crippen LogP contribution in [0.1, 0.15) is 103 Å². The van der Waals surface area contributed by atoms with Crippen molar-refractivity contribution < 1.29 is 27.4 Å². The van der Waals surface area contributed by atoms with Crippen molar-refractivity contribution in [3.63, 3.8) is 0 Å². The summed E-state index contributed by atoms with van der Waals surface area (Å²) >= 11 is 0. The molecule has 0 spiro atoms. The maximum absolute atomic E-state index is 13.4. The monoisotopic (exact) mass is 588 g/mol. The molecule has 0 radical (unpaired) electrons. The Morgan fingerprint density at radius 3 is 2.50 bits per heavy atom. The van der Waals surface area contributed by atoms with Gasteiger partial charge in [0, 0.05) is 32.3 Å². The van der Waals surface area contributed by atoms with E-state index in [1.807, 2.05) is 11.8 Å². The van der Waals surface area contributed by atoms with Gasteiger partial charge in [-0.15, -0.1) is 5.10 Å². The van der Waals surface area contributed by atoms with Gasteiger partial charge in [-0.1, -0.05) is 25.0 Å². The second-order valence-corrected chi connectivity index (χ2v) is 12.1. The summed E-state index contributed by atoms with van der Waals surface area (Å²) in [6.45, 7) is 3.31. The number of nitrogens with zero attached hydrogens (tertiary/aromatic N) is 3. The van der Waals surface area contributed by atoms with Gasteiger partial charge in [-0.2, -0.15) is 18.3 Å². The molecular weight excluding hydrogens is 545 g/mol. The molecule has 7 nitrogen and oxygen atoms in total. The van der Waals surface area contributed by atoms with Crippen molar-refractivity contribution in [2.45, 2.75) is 114 Å². The molecule has 10 heteroatoms. The highest BCUT2D eigenvalue weighted by Crippen LogP contribution is 2.35. The van der Waals surface area contributed by atoms with Crippen molar-refractivity contribution in [3.05, 3.63) is 58.4 Å². The first kappa shape index (κ1) is 30.9. The number of halogens is 3. The highest BCUT2D eigenvalue weighted by Gasteiger charge is 2.32. The summed E-state index contributed by atoms with van der Waals surface area (Å²) in [4.78, 5) is 15.3. The second-order valence-electron chi connectivity index (χ2n) is 12.1. The molecule has 5 rings (SSSR count). The number of likely N-dealkylation sites (tertiary alicyclic amines) is 1. The lowest BCUT2D eigenvalue weighted by Gasteiger charge is -2.38. The van der Waals surface area contributed by atoms with Crippen molar-refractivity contribution in [2.75, 3.05) is 20.2 Å². The average Bonchev–Trinajstić information content (AvgIpc) is 3.01. The van der Waals surface area contributed by atoms with Crippen molar-refractivity contribution in [3.8, 4) is 0 Å². The van der Waals surface area contributed by atoms with E-state index in [1.54, 1.807) is 13.3 Å². The maximum Gasteiger partial charge on any atom is 0.416 e. The highest BCUT2D eigenvalue weighted by molar-refractivity contribution is 5.93.